The van der Waals surface area contributed by atoms with Crippen LogP contribution >= 0.6 is 0 Å². The van der Waals surface area contributed by atoms with Crippen LogP contribution in [0.25, 0.3) is 5.53 Å². The van der Waals surface area contributed by atoms with Crippen molar-refractivity contribution in [1.82, 2.24) is 5.43 Å². The first-order chi connectivity index (χ1) is 5.27. The molecule has 4 nitrogen and oxygen atoms in total. The predicted molar refractivity (Wildman–Crippen MR) is 44.8 cm³/mol. The lowest BCUT2D eigenvalue weighted by Gasteiger charge is -2.13. The maximum atomic E-state index is 4.21. The minimum absolute atomic E-state index is 0.316. The van der Waals surface area contributed by atoms with E-state index >= 15 is 0 Å². The molecule has 0 aromatic heterocycles. The van der Waals surface area contributed by atoms with Crippen LogP contribution in [-0.4, -0.2) is 12.9 Å². The molecule has 0 amide bonds. The summed E-state index contributed by atoms with van der Waals surface area (Å²) in [5.41, 5.74) is 6.82. The second-order valence-corrected chi connectivity index (χ2v) is 2.52. The molecule has 0 aromatic rings. The Morgan fingerprint density at radius 1 is 1.91 bits per heavy atom. The molecular weight excluding hydrogens is 140 g/mol. The van der Waals surface area contributed by atoms with Gasteiger partial charge in [0.15, 0.2) is 5.84 Å². The number of hydrogen-bond donors (Lipinski definition) is 2. The molecule has 2 N–H and O–H groups in total. The molecular formula is C7H14N4. The maximum absolute atomic E-state index is 4.21. The highest BCUT2D eigenvalue weighted by atomic mass is 15.8. The van der Waals surface area contributed by atoms with Crippen molar-refractivity contribution in [3.05, 3.63) is 18.2 Å². The fraction of sp³-hybridized carbons (Fsp3) is 0.571. The van der Waals surface area contributed by atoms with Gasteiger partial charge in [-0.25, -0.2) is 0 Å². The van der Waals surface area contributed by atoms with Crippen LogP contribution in [0.2, 0.25) is 0 Å². The van der Waals surface area contributed by atoms with Gasteiger partial charge in [0, 0.05) is 5.92 Å². The van der Waals surface area contributed by atoms with Crippen molar-refractivity contribution in [2.75, 3.05) is 7.05 Å². The predicted octanol–water partition coefficient (Wildman–Crippen LogP) is -0.166. The summed E-state index contributed by atoms with van der Waals surface area (Å²) in [4.78, 5) is 0. The van der Waals surface area contributed by atoms with Crippen LogP contribution in [0.4, 0.5) is 0 Å². The second-order valence-electron chi connectivity index (χ2n) is 2.52. The lowest BCUT2D eigenvalue weighted by molar-refractivity contribution is -0.845. The Labute approximate surface area is 66.9 Å². The average Bonchev–Trinajstić information content (AvgIpc) is 2.39. The topological polar surface area (TPSA) is 42.9 Å². The molecule has 0 bridgehead atoms. The summed E-state index contributed by atoms with van der Waals surface area (Å²) in [7, 11) is 1.87. The molecule has 0 aliphatic carbocycles. The van der Waals surface area contributed by atoms with Gasteiger partial charge in [0.25, 0.3) is 0 Å². The second kappa shape index (κ2) is 3.50. The molecule has 0 fully saturated rings. The summed E-state index contributed by atoms with van der Waals surface area (Å²) in [6.45, 7) is 5.83. The zero-order chi connectivity index (χ0) is 8.27. The van der Waals surface area contributed by atoms with Crippen molar-refractivity contribution in [3.8, 4) is 0 Å². The van der Waals surface area contributed by atoms with Crippen LogP contribution < -0.4 is 10.5 Å². The van der Waals surface area contributed by atoms with Crippen molar-refractivity contribution in [2.24, 2.45) is 11.0 Å². The Bertz CT molecular complexity index is 175. The van der Waals surface area contributed by atoms with Crippen LogP contribution in [0.15, 0.2) is 17.8 Å². The number of nitrogens with one attached hydrogen (secondary N) is 2. The smallest absolute Gasteiger partial charge is 0.151 e. The van der Waals surface area contributed by atoms with Crippen LogP contribution in [0.1, 0.15) is 13.3 Å². The van der Waals surface area contributed by atoms with E-state index in [0.717, 1.165) is 17.4 Å². The minimum atomic E-state index is 0.316. The zero-order valence-corrected chi connectivity index (χ0v) is 6.96. The van der Waals surface area contributed by atoms with Gasteiger partial charge in [0.1, 0.15) is 0 Å². The quantitative estimate of drug-likeness (QED) is 0.545. The summed E-state index contributed by atoms with van der Waals surface area (Å²) in [6.07, 6.45) is 2.90. The van der Waals surface area contributed by atoms with Crippen LogP contribution in [0.5, 0.6) is 0 Å². The third kappa shape index (κ3) is 1.78. The van der Waals surface area contributed by atoms with Crippen LogP contribution in [0, 0.1) is 5.92 Å². The standard InChI is InChI=1S/C7H14N4/c1-4-6(5-2)7-8-10-11(3)9-7/h4,6,11H,1,5H2,2-3H3,(H,8,9). The molecule has 1 heterocycles. The van der Waals surface area contributed by atoms with E-state index in [1.165, 1.54) is 0 Å². The van der Waals surface area contributed by atoms with Crippen molar-refractivity contribution in [2.45, 2.75) is 13.3 Å². The van der Waals surface area contributed by atoms with Gasteiger partial charge in [-0.3, -0.25) is 5.12 Å². The van der Waals surface area contributed by atoms with Crippen molar-refractivity contribution in [3.63, 3.8) is 0 Å². The molecule has 0 aromatic carbocycles. The van der Waals surface area contributed by atoms with Crippen molar-refractivity contribution >= 4 is 5.84 Å². The van der Waals surface area contributed by atoms with Gasteiger partial charge < -0.3 is 11.0 Å². The van der Waals surface area contributed by atoms with E-state index in [4.69, 9.17) is 0 Å². The van der Waals surface area contributed by atoms with E-state index < -0.39 is 0 Å². The summed E-state index contributed by atoms with van der Waals surface area (Å²) in [5.74, 6) is 1.23. The largest absolute Gasteiger partial charge is 0.421 e. The van der Waals surface area contributed by atoms with Crippen molar-refractivity contribution < 1.29 is 5.12 Å². The lowest BCUT2D eigenvalue weighted by Crippen LogP contribution is -2.98. The fourth-order valence-corrected chi connectivity index (χ4v) is 1.000. The van der Waals surface area contributed by atoms with E-state index in [9.17, 15) is 0 Å². The monoisotopic (exact) mass is 154 g/mol. The third-order valence-corrected chi connectivity index (χ3v) is 1.69. The number of quaternary nitrogens is 1. The molecule has 0 saturated carbocycles. The van der Waals surface area contributed by atoms with E-state index in [2.05, 4.69) is 29.6 Å². The number of nitrogens with zero attached hydrogens (tertiary/aromatic N) is 2. The van der Waals surface area contributed by atoms with Crippen molar-refractivity contribution in [1.29, 1.82) is 0 Å². The molecule has 4 heteroatoms. The minimum Gasteiger partial charge on any atom is -0.421 e. The Kier molecular flexibility index (Phi) is 2.62. The first-order valence-corrected chi connectivity index (χ1v) is 3.79. The molecule has 2 atom stereocenters. The molecule has 1 aliphatic rings. The van der Waals surface area contributed by atoms with E-state index in [-0.39, 0.29) is 0 Å². The first kappa shape index (κ1) is 8.23. The third-order valence-electron chi connectivity index (χ3n) is 1.69. The summed E-state index contributed by atoms with van der Waals surface area (Å²) in [5, 5.41) is 5.01. The van der Waals surface area contributed by atoms with Crippen LogP contribution in [0.3, 0.4) is 0 Å². The van der Waals surface area contributed by atoms with E-state index in [1.807, 2.05) is 13.1 Å². The Hall–Kier alpha value is -0.870. The normalized spacial score (nSPS) is 25.6. The molecule has 0 saturated heterocycles. The number of hydrogen-bond acceptors (Lipinski definition) is 2. The Morgan fingerprint density at radius 3 is 3.00 bits per heavy atom. The molecule has 0 spiro atoms. The van der Waals surface area contributed by atoms with Gasteiger partial charge >= 0.3 is 0 Å². The van der Waals surface area contributed by atoms with Gasteiger partial charge in [0.2, 0.25) is 0 Å². The zero-order valence-electron chi connectivity index (χ0n) is 6.96. The Balaban J connectivity index is 2.58. The highest BCUT2D eigenvalue weighted by Crippen LogP contribution is 2.05. The Morgan fingerprint density at radius 2 is 2.64 bits per heavy atom. The molecule has 2 unspecified atom stereocenters. The molecule has 1 aliphatic heterocycles. The van der Waals surface area contributed by atoms with Gasteiger partial charge in [-0.05, 0) is 6.42 Å². The van der Waals surface area contributed by atoms with E-state index in [0.29, 0.717) is 5.92 Å². The lowest BCUT2D eigenvalue weighted by atomic mass is 10.1. The summed E-state index contributed by atoms with van der Waals surface area (Å²) >= 11 is 0. The van der Waals surface area contributed by atoms with E-state index in [1.54, 1.807) is 0 Å². The SMILES string of the molecule is C=CC(CC)C1=N[NH+](C)[N-]N1. The van der Waals surface area contributed by atoms with Gasteiger partial charge in [-0.1, -0.05) is 18.1 Å². The highest BCUT2D eigenvalue weighted by molar-refractivity contribution is 5.86. The highest BCUT2D eigenvalue weighted by Gasteiger charge is 2.13. The first-order valence-electron chi connectivity index (χ1n) is 3.79. The van der Waals surface area contributed by atoms with Gasteiger partial charge in [-0.15, -0.1) is 6.58 Å². The molecule has 1 rings (SSSR count). The summed E-state index contributed by atoms with van der Waals surface area (Å²) in [6, 6.07) is 0. The van der Waals surface area contributed by atoms with Gasteiger partial charge in [-0.2, -0.15) is 0 Å². The van der Waals surface area contributed by atoms with Crippen LogP contribution in [-0.2, 0) is 0 Å². The molecule has 11 heavy (non-hydrogen) atoms. The maximum Gasteiger partial charge on any atom is 0.151 e. The molecule has 0 radical (unpaired) electrons. The summed E-state index contributed by atoms with van der Waals surface area (Å²) < 4.78 is 0. The average molecular weight is 154 g/mol. The fourth-order valence-electron chi connectivity index (χ4n) is 1.000. The number of amidine groups is 1. The number of rotatable bonds is 3. The molecule has 62 valence electrons. The van der Waals surface area contributed by atoms with Gasteiger partial charge in [0.05, 0.1) is 7.05 Å².